The van der Waals surface area contributed by atoms with E-state index in [9.17, 15) is 0 Å². The van der Waals surface area contributed by atoms with E-state index < -0.39 is 0 Å². The maximum atomic E-state index is 4.43. The molecule has 0 unspecified atom stereocenters. The van der Waals surface area contributed by atoms with E-state index in [4.69, 9.17) is 0 Å². The maximum absolute atomic E-state index is 4.43. The number of rotatable bonds is 4. The van der Waals surface area contributed by atoms with Crippen molar-refractivity contribution < 1.29 is 0 Å². The number of nitrogens with zero attached hydrogens (tertiary/aromatic N) is 2. The molecule has 0 aliphatic carbocycles. The van der Waals surface area contributed by atoms with Gasteiger partial charge < -0.3 is 0 Å². The van der Waals surface area contributed by atoms with Crippen molar-refractivity contribution in [1.82, 2.24) is 0 Å². The monoisotopic (exact) mass is 240 g/mol. The largest absolute Gasteiger partial charge is 0.296 e. The van der Waals surface area contributed by atoms with E-state index in [1.807, 2.05) is 19.5 Å². The molecule has 1 aliphatic heterocycles. The molecule has 0 fully saturated rings. The Hall–Kier alpha value is -1.70. The number of hydrogen-bond acceptors (Lipinski definition) is 2. The van der Waals surface area contributed by atoms with Gasteiger partial charge in [0.05, 0.1) is 0 Å². The molecular formula is C16H20N2. The van der Waals surface area contributed by atoms with Crippen LogP contribution in [0.5, 0.6) is 0 Å². The van der Waals surface area contributed by atoms with Crippen molar-refractivity contribution in [3.8, 4) is 0 Å². The lowest BCUT2D eigenvalue weighted by atomic mass is 10.00. The second-order valence-corrected chi connectivity index (χ2v) is 4.70. The summed E-state index contributed by atoms with van der Waals surface area (Å²) < 4.78 is 0. The molecule has 2 rings (SSSR count). The Kier molecular flexibility index (Phi) is 4.46. The Morgan fingerprint density at radius 3 is 2.94 bits per heavy atom. The highest BCUT2D eigenvalue weighted by Gasteiger charge is 2.04. The minimum absolute atomic E-state index is 1.07. The van der Waals surface area contributed by atoms with E-state index in [0.29, 0.717) is 0 Å². The summed E-state index contributed by atoms with van der Waals surface area (Å²) in [5.41, 5.74) is 5.19. The van der Waals surface area contributed by atoms with Gasteiger partial charge in [-0.2, -0.15) is 0 Å². The van der Waals surface area contributed by atoms with Crippen molar-refractivity contribution in [1.29, 1.82) is 0 Å². The average molecular weight is 240 g/mol. The van der Waals surface area contributed by atoms with Crippen LogP contribution in [0.2, 0.25) is 0 Å². The fraction of sp³-hybridized carbons (Fsp3) is 0.375. The lowest BCUT2D eigenvalue weighted by Gasteiger charge is -2.09. The van der Waals surface area contributed by atoms with E-state index in [1.54, 1.807) is 0 Å². The second kappa shape index (κ2) is 6.29. The summed E-state index contributed by atoms with van der Waals surface area (Å²) >= 11 is 0. The number of hydrogen-bond donors (Lipinski definition) is 0. The van der Waals surface area contributed by atoms with E-state index >= 15 is 0 Å². The minimum atomic E-state index is 1.07. The van der Waals surface area contributed by atoms with Crippen LogP contribution in [0.1, 0.15) is 36.0 Å². The van der Waals surface area contributed by atoms with Crippen LogP contribution in [-0.2, 0) is 6.42 Å². The second-order valence-electron chi connectivity index (χ2n) is 4.70. The van der Waals surface area contributed by atoms with Gasteiger partial charge in [-0.1, -0.05) is 18.2 Å². The predicted octanol–water partition coefficient (Wildman–Crippen LogP) is 3.72. The molecule has 2 nitrogen and oxygen atoms in total. The molecule has 0 atom stereocenters. The van der Waals surface area contributed by atoms with Crippen LogP contribution in [0.25, 0.3) is 0 Å². The third kappa shape index (κ3) is 3.39. The van der Waals surface area contributed by atoms with Crippen molar-refractivity contribution in [2.24, 2.45) is 9.98 Å². The van der Waals surface area contributed by atoms with E-state index in [0.717, 1.165) is 25.7 Å². The van der Waals surface area contributed by atoms with Crippen molar-refractivity contribution in [2.75, 3.05) is 7.05 Å². The highest BCUT2D eigenvalue weighted by molar-refractivity contribution is 5.86. The van der Waals surface area contributed by atoms with E-state index in [1.165, 1.54) is 22.4 Å². The quantitative estimate of drug-likeness (QED) is 0.716. The molecule has 0 saturated heterocycles. The number of aryl methyl sites for hydroxylation is 2. The molecule has 1 heterocycles. The lowest BCUT2D eigenvalue weighted by Crippen LogP contribution is -2.02. The third-order valence-electron chi connectivity index (χ3n) is 3.28. The van der Waals surface area contributed by atoms with Crippen LogP contribution in [0.3, 0.4) is 0 Å². The summed E-state index contributed by atoms with van der Waals surface area (Å²) in [6.45, 7) is 2.12. The van der Waals surface area contributed by atoms with Crippen LogP contribution in [-0.4, -0.2) is 19.0 Å². The smallest absolute Gasteiger partial charge is 0.0284 e. The minimum Gasteiger partial charge on any atom is -0.296 e. The lowest BCUT2D eigenvalue weighted by molar-refractivity contribution is 0.955. The van der Waals surface area contributed by atoms with Crippen molar-refractivity contribution in [3.05, 3.63) is 47.2 Å². The van der Waals surface area contributed by atoms with Gasteiger partial charge in [0.2, 0.25) is 0 Å². The molecule has 0 N–H and O–H groups in total. The fourth-order valence-corrected chi connectivity index (χ4v) is 2.15. The van der Waals surface area contributed by atoms with Gasteiger partial charge in [0.1, 0.15) is 0 Å². The van der Waals surface area contributed by atoms with Gasteiger partial charge in [-0.05, 0) is 55.4 Å². The summed E-state index contributed by atoms with van der Waals surface area (Å²) in [6.07, 6.45) is 10.4. The molecule has 1 aromatic rings. The molecule has 18 heavy (non-hydrogen) atoms. The van der Waals surface area contributed by atoms with Crippen molar-refractivity contribution >= 4 is 11.9 Å². The zero-order valence-corrected chi connectivity index (χ0v) is 11.2. The first-order chi connectivity index (χ1) is 8.79. The predicted molar refractivity (Wildman–Crippen MR) is 78.8 cm³/mol. The summed E-state index contributed by atoms with van der Waals surface area (Å²) in [5, 5.41) is 0. The van der Waals surface area contributed by atoms with Crippen LogP contribution in [0.15, 0.2) is 40.5 Å². The molecule has 1 aromatic carbocycles. The topological polar surface area (TPSA) is 24.7 Å². The van der Waals surface area contributed by atoms with Gasteiger partial charge in [-0.3, -0.25) is 9.98 Å². The van der Waals surface area contributed by atoms with Crippen molar-refractivity contribution in [3.63, 3.8) is 0 Å². The third-order valence-corrected chi connectivity index (χ3v) is 3.28. The van der Waals surface area contributed by atoms with Crippen molar-refractivity contribution in [2.45, 2.75) is 32.6 Å². The Bertz CT molecular complexity index is 496. The normalized spacial score (nSPS) is 15.1. The fourth-order valence-electron chi connectivity index (χ4n) is 2.15. The van der Waals surface area contributed by atoms with Gasteiger partial charge in [0.25, 0.3) is 0 Å². The molecule has 0 radical (unpaired) electrons. The summed E-state index contributed by atoms with van der Waals surface area (Å²) in [7, 11) is 1.81. The van der Waals surface area contributed by atoms with Gasteiger partial charge in [0.15, 0.2) is 0 Å². The van der Waals surface area contributed by atoms with Crippen LogP contribution >= 0.6 is 0 Å². The molecule has 0 bridgehead atoms. The molecule has 0 aromatic heterocycles. The Morgan fingerprint density at radius 2 is 2.22 bits per heavy atom. The first-order valence-electron chi connectivity index (χ1n) is 6.52. The maximum Gasteiger partial charge on any atom is 0.0284 e. The average Bonchev–Trinajstić information content (AvgIpc) is 2.41. The molecule has 0 spiro atoms. The Labute approximate surface area is 109 Å². The summed E-state index contributed by atoms with van der Waals surface area (Å²) in [4.78, 5) is 8.53. The molecule has 1 aliphatic rings. The van der Waals surface area contributed by atoms with Gasteiger partial charge in [-0.15, -0.1) is 0 Å². The van der Waals surface area contributed by atoms with E-state index in [-0.39, 0.29) is 0 Å². The summed E-state index contributed by atoms with van der Waals surface area (Å²) in [6, 6.07) is 6.62. The molecule has 0 saturated carbocycles. The first kappa shape index (κ1) is 12.7. The first-order valence-corrected chi connectivity index (χ1v) is 6.52. The zero-order chi connectivity index (χ0) is 12.8. The molecule has 94 valence electrons. The van der Waals surface area contributed by atoms with Crippen LogP contribution < -0.4 is 0 Å². The number of allylic oxidation sites excluding steroid dienone is 1. The van der Waals surface area contributed by atoms with Crippen LogP contribution in [0, 0.1) is 6.92 Å². The molecular weight excluding hydrogens is 220 g/mol. The van der Waals surface area contributed by atoms with Gasteiger partial charge in [-0.25, -0.2) is 0 Å². The molecule has 2 heteroatoms. The van der Waals surface area contributed by atoms with Gasteiger partial charge >= 0.3 is 0 Å². The zero-order valence-electron chi connectivity index (χ0n) is 11.2. The van der Waals surface area contributed by atoms with Crippen LogP contribution in [0.4, 0.5) is 0 Å². The standard InChI is InChI=1S/C16H20N2/c1-13-6-7-14(11-15(13)12-17-2)8-9-16-5-3-4-10-18-16/h4,6-7,10-12H,3,5,8-9H2,1-2H3. The Morgan fingerprint density at radius 1 is 1.33 bits per heavy atom. The highest BCUT2D eigenvalue weighted by Crippen LogP contribution is 2.13. The SMILES string of the molecule is CN=Cc1cc(CCC2=NC=CCC2)ccc1C. The highest BCUT2D eigenvalue weighted by atomic mass is 14.7. The van der Waals surface area contributed by atoms with E-state index in [2.05, 4.69) is 41.2 Å². The number of aliphatic imine (C=N–C) groups is 2. The summed E-state index contributed by atoms with van der Waals surface area (Å²) in [5.74, 6) is 0. The Balaban J connectivity index is 2.03. The van der Waals surface area contributed by atoms with Gasteiger partial charge in [0, 0.05) is 25.2 Å². The molecule has 0 amide bonds. The number of benzene rings is 1.